The lowest BCUT2D eigenvalue weighted by atomic mass is 9.79. The van der Waals surface area contributed by atoms with Crippen LogP contribution in [0, 0.1) is 12.8 Å². The first-order valence-electron chi connectivity index (χ1n) is 6.55. The Bertz CT molecular complexity index is 426. The van der Waals surface area contributed by atoms with E-state index in [-0.39, 0.29) is 5.91 Å². The number of nitrogens with one attached hydrogen (secondary N) is 1. The average molecular weight is 251 g/mol. The molecule has 0 spiro atoms. The second-order valence-corrected chi connectivity index (χ2v) is 5.54. The molecule has 4 nitrogen and oxygen atoms in total. The molecule has 0 saturated heterocycles. The topological polar surface area (TPSA) is 62.5 Å². The van der Waals surface area contributed by atoms with Gasteiger partial charge in [-0.25, -0.2) is 0 Å². The molecule has 100 valence electrons. The second kappa shape index (κ2) is 5.14. The van der Waals surface area contributed by atoms with Crippen molar-refractivity contribution in [2.75, 3.05) is 6.54 Å². The molecule has 0 radical (unpaired) electrons. The van der Waals surface area contributed by atoms with Gasteiger partial charge in [-0.05, 0) is 31.7 Å². The van der Waals surface area contributed by atoms with E-state index >= 15 is 0 Å². The van der Waals surface area contributed by atoms with Gasteiger partial charge in [0.1, 0.15) is 0 Å². The molecule has 1 saturated carbocycles. The van der Waals surface area contributed by atoms with Gasteiger partial charge >= 0.3 is 0 Å². The summed E-state index contributed by atoms with van der Waals surface area (Å²) < 4.78 is 5.13. The molecule has 18 heavy (non-hydrogen) atoms. The van der Waals surface area contributed by atoms with Gasteiger partial charge in [0.05, 0.1) is 11.9 Å². The summed E-state index contributed by atoms with van der Waals surface area (Å²) in [4.78, 5) is 11.9. The highest BCUT2D eigenvalue weighted by Crippen LogP contribution is 2.31. The van der Waals surface area contributed by atoms with Crippen LogP contribution in [0.2, 0.25) is 0 Å². The van der Waals surface area contributed by atoms with E-state index in [9.17, 15) is 9.90 Å². The van der Waals surface area contributed by atoms with Crippen LogP contribution in [-0.2, 0) is 0 Å². The largest absolute Gasteiger partial charge is 0.459 e. The predicted molar refractivity (Wildman–Crippen MR) is 68.4 cm³/mol. The lowest BCUT2D eigenvalue weighted by molar-refractivity contribution is -0.0111. The van der Waals surface area contributed by atoms with Gasteiger partial charge in [0.2, 0.25) is 0 Å². The molecule has 1 aromatic rings. The maximum Gasteiger partial charge on any atom is 0.287 e. The van der Waals surface area contributed by atoms with Gasteiger partial charge in [-0.2, -0.15) is 0 Å². The van der Waals surface area contributed by atoms with Crippen LogP contribution in [0.25, 0.3) is 0 Å². The first kappa shape index (κ1) is 13.1. The second-order valence-electron chi connectivity index (χ2n) is 5.54. The zero-order valence-electron chi connectivity index (χ0n) is 11.0. The minimum atomic E-state index is -0.756. The van der Waals surface area contributed by atoms with Crippen LogP contribution < -0.4 is 5.32 Å². The highest BCUT2D eigenvalue weighted by Gasteiger charge is 2.33. The number of carbonyl (C=O) groups excluding carboxylic acids is 1. The van der Waals surface area contributed by atoms with Crippen molar-refractivity contribution in [1.82, 2.24) is 5.32 Å². The third-order valence-electron chi connectivity index (χ3n) is 3.71. The van der Waals surface area contributed by atoms with Gasteiger partial charge in [-0.3, -0.25) is 4.79 Å². The Morgan fingerprint density at radius 1 is 1.67 bits per heavy atom. The van der Waals surface area contributed by atoms with Gasteiger partial charge in [0.25, 0.3) is 5.91 Å². The standard InChI is InChI=1S/C14H21NO3/c1-10-4-3-6-14(17,8-10)9-15-13(16)12-11(2)5-7-18-12/h5,7,10,17H,3-4,6,8-9H2,1-2H3,(H,15,16). The summed E-state index contributed by atoms with van der Waals surface area (Å²) >= 11 is 0. The first-order chi connectivity index (χ1) is 8.50. The quantitative estimate of drug-likeness (QED) is 0.866. The van der Waals surface area contributed by atoms with Crippen molar-refractivity contribution in [3.8, 4) is 0 Å². The summed E-state index contributed by atoms with van der Waals surface area (Å²) in [6, 6.07) is 1.76. The highest BCUT2D eigenvalue weighted by molar-refractivity contribution is 5.92. The summed E-state index contributed by atoms with van der Waals surface area (Å²) in [7, 11) is 0. The lowest BCUT2D eigenvalue weighted by Crippen LogP contribution is -2.45. The number of aliphatic hydroxyl groups is 1. The fourth-order valence-corrected chi connectivity index (χ4v) is 2.72. The van der Waals surface area contributed by atoms with E-state index in [0.717, 1.165) is 31.2 Å². The molecule has 2 N–H and O–H groups in total. The Morgan fingerprint density at radius 2 is 2.44 bits per heavy atom. The monoisotopic (exact) mass is 251 g/mol. The molecule has 2 rings (SSSR count). The van der Waals surface area contributed by atoms with Crippen molar-refractivity contribution in [2.45, 2.75) is 45.1 Å². The molecular formula is C14H21NO3. The Hall–Kier alpha value is -1.29. The minimum Gasteiger partial charge on any atom is -0.459 e. The SMILES string of the molecule is Cc1ccoc1C(=O)NCC1(O)CCCC(C)C1. The number of carbonyl (C=O) groups is 1. The summed E-state index contributed by atoms with van der Waals surface area (Å²) in [5.41, 5.74) is 0.0601. The summed E-state index contributed by atoms with van der Waals surface area (Å²) in [6.07, 6.45) is 5.20. The fraction of sp³-hybridized carbons (Fsp3) is 0.643. The molecule has 0 aliphatic heterocycles. The van der Waals surface area contributed by atoms with Crippen LogP contribution in [0.3, 0.4) is 0 Å². The lowest BCUT2D eigenvalue weighted by Gasteiger charge is -2.35. The molecule has 1 aliphatic rings. The van der Waals surface area contributed by atoms with Crippen molar-refractivity contribution >= 4 is 5.91 Å². The number of rotatable bonds is 3. The maximum atomic E-state index is 11.9. The van der Waals surface area contributed by atoms with Crippen molar-refractivity contribution in [3.63, 3.8) is 0 Å². The summed E-state index contributed by atoms with van der Waals surface area (Å²) in [5.74, 6) is 0.609. The van der Waals surface area contributed by atoms with Crippen LogP contribution in [0.4, 0.5) is 0 Å². The Morgan fingerprint density at radius 3 is 3.06 bits per heavy atom. The van der Waals surface area contributed by atoms with Crippen LogP contribution in [0.1, 0.15) is 48.7 Å². The van der Waals surface area contributed by atoms with Gasteiger partial charge in [-0.15, -0.1) is 0 Å². The molecule has 1 aromatic heterocycles. The normalized spacial score (nSPS) is 28.1. The van der Waals surface area contributed by atoms with Gasteiger partial charge in [-0.1, -0.05) is 19.8 Å². The van der Waals surface area contributed by atoms with E-state index in [4.69, 9.17) is 4.42 Å². The number of aryl methyl sites for hydroxylation is 1. The molecule has 2 unspecified atom stereocenters. The van der Waals surface area contributed by atoms with Gasteiger partial charge in [0, 0.05) is 12.1 Å². The van der Waals surface area contributed by atoms with Crippen molar-refractivity contribution in [2.24, 2.45) is 5.92 Å². The number of amides is 1. The smallest absolute Gasteiger partial charge is 0.287 e. The summed E-state index contributed by atoms with van der Waals surface area (Å²) in [6.45, 7) is 4.27. The minimum absolute atomic E-state index is 0.246. The van der Waals surface area contributed by atoms with Crippen molar-refractivity contribution in [1.29, 1.82) is 0 Å². The van der Waals surface area contributed by atoms with Crippen LogP contribution >= 0.6 is 0 Å². The average Bonchev–Trinajstić information content (AvgIpc) is 2.72. The molecule has 1 amide bonds. The van der Waals surface area contributed by atoms with E-state index in [0.29, 0.717) is 18.2 Å². The number of furan rings is 1. The van der Waals surface area contributed by atoms with E-state index in [2.05, 4.69) is 12.2 Å². The van der Waals surface area contributed by atoms with Gasteiger partial charge < -0.3 is 14.8 Å². The molecule has 0 bridgehead atoms. The zero-order valence-corrected chi connectivity index (χ0v) is 11.0. The van der Waals surface area contributed by atoms with Crippen LogP contribution in [-0.4, -0.2) is 23.2 Å². The predicted octanol–water partition coefficient (Wildman–Crippen LogP) is 2.26. The maximum absolute atomic E-state index is 11.9. The molecule has 1 fully saturated rings. The highest BCUT2D eigenvalue weighted by atomic mass is 16.3. The number of hydrogen-bond donors (Lipinski definition) is 2. The van der Waals surface area contributed by atoms with E-state index in [1.807, 2.05) is 6.92 Å². The van der Waals surface area contributed by atoms with Crippen molar-refractivity contribution in [3.05, 3.63) is 23.7 Å². The zero-order chi connectivity index (χ0) is 13.2. The fourth-order valence-electron chi connectivity index (χ4n) is 2.72. The Kier molecular flexibility index (Phi) is 3.76. The van der Waals surface area contributed by atoms with Crippen LogP contribution in [0.5, 0.6) is 0 Å². The third kappa shape index (κ3) is 2.93. The van der Waals surface area contributed by atoms with Gasteiger partial charge in [0.15, 0.2) is 5.76 Å². The Labute approximate surface area is 107 Å². The third-order valence-corrected chi connectivity index (χ3v) is 3.71. The summed E-state index contributed by atoms with van der Waals surface area (Å²) in [5, 5.41) is 13.2. The van der Waals surface area contributed by atoms with E-state index in [1.165, 1.54) is 6.26 Å². The molecule has 4 heteroatoms. The van der Waals surface area contributed by atoms with E-state index < -0.39 is 5.60 Å². The molecule has 0 aromatic carbocycles. The van der Waals surface area contributed by atoms with Crippen LogP contribution in [0.15, 0.2) is 16.7 Å². The van der Waals surface area contributed by atoms with E-state index in [1.54, 1.807) is 6.07 Å². The number of hydrogen-bond acceptors (Lipinski definition) is 3. The Balaban J connectivity index is 1.91. The molecule has 1 aliphatic carbocycles. The molecule has 2 atom stereocenters. The molecular weight excluding hydrogens is 230 g/mol. The first-order valence-corrected chi connectivity index (χ1v) is 6.55. The van der Waals surface area contributed by atoms with Crippen molar-refractivity contribution < 1.29 is 14.3 Å². The molecule has 1 heterocycles.